The summed E-state index contributed by atoms with van der Waals surface area (Å²) in [5.41, 5.74) is 1.93. The summed E-state index contributed by atoms with van der Waals surface area (Å²) >= 11 is 0. The number of benzene rings is 1. The van der Waals surface area contributed by atoms with Gasteiger partial charge in [0, 0.05) is 43.8 Å². The van der Waals surface area contributed by atoms with E-state index in [2.05, 4.69) is 9.97 Å². The molecule has 0 atom stereocenters. The lowest BCUT2D eigenvalue weighted by atomic mass is 10.1. The molecule has 3 rings (SSSR count). The van der Waals surface area contributed by atoms with Crippen LogP contribution < -0.4 is 4.74 Å². The van der Waals surface area contributed by atoms with Gasteiger partial charge in [-0.05, 0) is 25.5 Å². The largest absolute Gasteiger partial charge is 0.474 e. The average Bonchev–Trinajstić information content (AvgIpc) is 2.60. The number of rotatable bonds is 4. The van der Waals surface area contributed by atoms with Crippen LogP contribution in [0.5, 0.6) is 5.88 Å². The van der Waals surface area contributed by atoms with Crippen molar-refractivity contribution in [2.24, 2.45) is 0 Å². The van der Waals surface area contributed by atoms with Crippen LogP contribution in [-0.4, -0.2) is 40.0 Å². The number of ether oxygens (including phenoxy) is 1. The summed E-state index contributed by atoms with van der Waals surface area (Å²) < 4.78 is 5.97. The van der Waals surface area contributed by atoms with Crippen molar-refractivity contribution in [2.75, 3.05) is 13.1 Å². The van der Waals surface area contributed by atoms with Crippen molar-refractivity contribution in [2.45, 2.75) is 32.8 Å². The first kappa shape index (κ1) is 17.1. The average molecular weight is 337 g/mol. The van der Waals surface area contributed by atoms with Crippen LogP contribution in [0.3, 0.4) is 0 Å². The summed E-state index contributed by atoms with van der Waals surface area (Å²) in [6.45, 7) is 5.19. The van der Waals surface area contributed by atoms with Crippen molar-refractivity contribution in [3.63, 3.8) is 0 Å². The number of nitrogens with zero attached hydrogens (tertiary/aromatic N) is 3. The molecule has 2 heterocycles. The highest BCUT2D eigenvalue weighted by Crippen LogP contribution is 2.18. The molecule has 1 amide bonds. The minimum absolute atomic E-state index is 0.0519. The molecule has 0 aliphatic carbocycles. The van der Waals surface area contributed by atoms with Gasteiger partial charge in [-0.2, -0.15) is 4.98 Å². The van der Waals surface area contributed by atoms with E-state index >= 15 is 0 Å². The number of piperidine rings is 1. The fourth-order valence-corrected chi connectivity index (χ4v) is 2.95. The molecule has 130 valence electrons. The minimum atomic E-state index is 0.0519. The third-order valence-corrected chi connectivity index (χ3v) is 4.20. The quantitative estimate of drug-likeness (QED) is 0.804. The second-order valence-electron chi connectivity index (χ2n) is 6.28. The standard InChI is InChI=1S/C20H23N3O2/c1-15-14-19(22-16(2)21-15)25-18-10-12-23(13-11-18)20(24)9-8-17-6-4-3-5-7-17/h3-9,14,18H,10-13H2,1-2H3/b9-8+. The molecule has 1 saturated heterocycles. The number of aromatic nitrogens is 2. The molecule has 0 unspecified atom stereocenters. The Labute approximate surface area is 148 Å². The summed E-state index contributed by atoms with van der Waals surface area (Å²) in [6.07, 6.45) is 5.22. The van der Waals surface area contributed by atoms with Crippen LogP contribution in [0.25, 0.3) is 6.08 Å². The Morgan fingerprint density at radius 3 is 2.56 bits per heavy atom. The zero-order chi connectivity index (χ0) is 17.6. The lowest BCUT2D eigenvalue weighted by molar-refractivity contribution is -0.127. The Balaban J connectivity index is 1.51. The molecule has 5 nitrogen and oxygen atoms in total. The molecule has 1 aromatic carbocycles. The van der Waals surface area contributed by atoms with Crippen LogP contribution in [0, 0.1) is 13.8 Å². The SMILES string of the molecule is Cc1cc(OC2CCN(C(=O)/C=C/c3ccccc3)CC2)nc(C)n1. The van der Waals surface area contributed by atoms with Crippen molar-refractivity contribution in [1.82, 2.24) is 14.9 Å². The van der Waals surface area contributed by atoms with Crippen LogP contribution in [0.2, 0.25) is 0 Å². The molecule has 2 aromatic rings. The van der Waals surface area contributed by atoms with E-state index < -0.39 is 0 Å². The molecule has 5 heteroatoms. The zero-order valence-corrected chi connectivity index (χ0v) is 14.7. The molecule has 0 spiro atoms. The fourth-order valence-electron chi connectivity index (χ4n) is 2.95. The Hall–Kier alpha value is -2.69. The zero-order valence-electron chi connectivity index (χ0n) is 14.7. The molecule has 1 fully saturated rings. The predicted molar refractivity (Wildman–Crippen MR) is 97.2 cm³/mol. The maximum atomic E-state index is 12.3. The van der Waals surface area contributed by atoms with E-state index in [1.54, 1.807) is 6.08 Å². The lowest BCUT2D eigenvalue weighted by Crippen LogP contribution is -2.41. The first-order valence-corrected chi connectivity index (χ1v) is 8.61. The van der Waals surface area contributed by atoms with E-state index in [-0.39, 0.29) is 12.0 Å². The van der Waals surface area contributed by atoms with Crippen molar-refractivity contribution < 1.29 is 9.53 Å². The van der Waals surface area contributed by atoms with Gasteiger partial charge in [0.25, 0.3) is 0 Å². The fraction of sp³-hybridized carbons (Fsp3) is 0.350. The Kier molecular flexibility index (Phi) is 5.43. The van der Waals surface area contributed by atoms with Gasteiger partial charge < -0.3 is 9.64 Å². The third kappa shape index (κ3) is 4.89. The number of carbonyl (C=O) groups is 1. The molecular formula is C20H23N3O2. The van der Waals surface area contributed by atoms with E-state index in [0.717, 1.165) is 24.1 Å². The van der Waals surface area contributed by atoms with Gasteiger partial charge in [-0.25, -0.2) is 4.98 Å². The number of carbonyl (C=O) groups excluding carboxylic acids is 1. The van der Waals surface area contributed by atoms with Gasteiger partial charge in [0.15, 0.2) is 0 Å². The van der Waals surface area contributed by atoms with Crippen molar-refractivity contribution in [1.29, 1.82) is 0 Å². The molecule has 1 aliphatic rings. The highest BCUT2D eigenvalue weighted by molar-refractivity contribution is 5.91. The van der Waals surface area contributed by atoms with Crippen LogP contribution in [-0.2, 0) is 4.79 Å². The molecule has 0 bridgehead atoms. The molecule has 25 heavy (non-hydrogen) atoms. The van der Waals surface area contributed by atoms with Crippen LogP contribution >= 0.6 is 0 Å². The predicted octanol–water partition coefficient (Wildman–Crippen LogP) is 3.18. The number of aryl methyl sites for hydroxylation is 2. The molecule has 0 N–H and O–H groups in total. The maximum Gasteiger partial charge on any atom is 0.246 e. The molecule has 1 aromatic heterocycles. The van der Waals surface area contributed by atoms with Crippen molar-refractivity contribution in [3.8, 4) is 5.88 Å². The van der Waals surface area contributed by atoms with Gasteiger partial charge in [0.1, 0.15) is 11.9 Å². The van der Waals surface area contributed by atoms with Gasteiger partial charge in [-0.15, -0.1) is 0 Å². The Morgan fingerprint density at radius 1 is 1.16 bits per heavy atom. The number of likely N-dealkylation sites (tertiary alicyclic amines) is 1. The summed E-state index contributed by atoms with van der Waals surface area (Å²) in [6, 6.07) is 11.7. The van der Waals surface area contributed by atoms with Gasteiger partial charge in [0.05, 0.1) is 0 Å². The van der Waals surface area contributed by atoms with Crippen molar-refractivity contribution >= 4 is 12.0 Å². The first-order chi connectivity index (χ1) is 12.1. The highest BCUT2D eigenvalue weighted by Gasteiger charge is 2.23. The lowest BCUT2D eigenvalue weighted by Gasteiger charge is -2.31. The molecular weight excluding hydrogens is 314 g/mol. The number of hydrogen-bond acceptors (Lipinski definition) is 4. The van der Waals surface area contributed by atoms with E-state index in [0.29, 0.717) is 24.8 Å². The smallest absolute Gasteiger partial charge is 0.246 e. The molecule has 0 radical (unpaired) electrons. The molecule has 0 saturated carbocycles. The van der Waals surface area contributed by atoms with Gasteiger partial charge >= 0.3 is 0 Å². The first-order valence-electron chi connectivity index (χ1n) is 8.61. The van der Waals surface area contributed by atoms with E-state index in [4.69, 9.17) is 4.74 Å². The maximum absolute atomic E-state index is 12.3. The second-order valence-corrected chi connectivity index (χ2v) is 6.28. The van der Waals surface area contributed by atoms with E-state index in [1.807, 2.05) is 61.2 Å². The normalized spacial score (nSPS) is 15.5. The summed E-state index contributed by atoms with van der Waals surface area (Å²) in [7, 11) is 0. The highest BCUT2D eigenvalue weighted by atomic mass is 16.5. The van der Waals surface area contributed by atoms with Gasteiger partial charge in [-0.3, -0.25) is 4.79 Å². The topological polar surface area (TPSA) is 55.3 Å². The summed E-state index contributed by atoms with van der Waals surface area (Å²) in [5, 5.41) is 0. The van der Waals surface area contributed by atoms with Crippen LogP contribution in [0.15, 0.2) is 42.5 Å². The van der Waals surface area contributed by atoms with Gasteiger partial charge in [0.2, 0.25) is 11.8 Å². The monoisotopic (exact) mass is 337 g/mol. The number of amides is 1. The third-order valence-electron chi connectivity index (χ3n) is 4.20. The second kappa shape index (κ2) is 7.92. The van der Waals surface area contributed by atoms with Crippen LogP contribution in [0.4, 0.5) is 0 Å². The summed E-state index contributed by atoms with van der Waals surface area (Å²) in [4.78, 5) is 22.8. The Morgan fingerprint density at radius 2 is 1.88 bits per heavy atom. The minimum Gasteiger partial charge on any atom is -0.474 e. The number of hydrogen-bond donors (Lipinski definition) is 0. The van der Waals surface area contributed by atoms with Gasteiger partial charge in [-0.1, -0.05) is 30.3 Å². The van der Waals surface area contributed by atoms with Crippen molar-refractivity contribution in [3.05, 3.63) is 59.6 Å². The van der Waals surface area contributed by atoms with E-state index in [9.17, 15) is 4.79 Å². The van der Waals surface area contributed by atoms with Crippen LogP contribution in [0.1, 0.15) is 29.9 Å². The van der Waals surface area contributed by atoms with E-state index in [1.165, 1.54) is 0 Å². The Bertz CT molecular complexity index is 731. The summed E-state index contributed by atoms with van der Waals surface area (Å²) in [5.74, 6) is 1.39. The molecule has 1 aliphatic heterocycles.